The van der Waals surface area contributed by atoms with Gasteiger partial charge in [-0.05, 0) is 25.2 Å². The van der Waals surface area contributed by atoms with Crippen molar-refractivity contribution >= 4 is 17.9 Å². The smallest absolute Gasteiger partial charge is 0.306 e. The van der Waals surface area contributed by atoms with Gasteiger partial charge in [-0.1, -0.05) is 246 Å². The van der Waals surface area contributed by atoms with Crippen molar-refractivity contribution in [1.29, 1.82) is 0 Å². The van der Waals surface area contributed by atoms with Crippen molar-refractivity contribution in [2.75, 3.05) is 13.2 Å². The van der Waals surface area contributed by atoms with Gasteiger partial charge in [0.05, 0.1) is 0 Å². The molecule has 0 aliphatic rings. The van der Waals surface area contributed by atoms with Gasteiger partial charge in [-0.15, -0.1) is 0 Å². The highest BCUT2D eigenvalue weighted by molar-refractivity contribution is 5.71. The van der Waals surface area contributed by atoms with Crippen LogP contribution in [-0.2, 0) is 28.6 Å². The fraction of sp³-hybridized carbons (Fsp3) is 0.941. The number of unbranched alkanes of at least 4 members (excludes halogenated alkanes) is 33. The van der Waals surface area contributed by atoms with Gasteiger partial charge in [0.25, 0.3) is 0 Å². The van der Waals surface area contributed by atoms with Crippen LogP contribution < -0.4 is 0 Å². The van der Waals surface area contributed by atoms with Crippen molar-refractivity contribution in [2.24, 2.45) is 5.92 Å². The van der Waals surface area contributed by atoms with Gasteiger partial charge in [0.15, 0.2) is 6.10 Å². The van der Waals surface area contributed by atoms with E-state index in [0.717, 1.165) is 63.7 Å². The first-order valence-corrected chi connectivity index (χ1v) is 25.4. The van der Waals surface area contributed by atoms with E-state index in [0.29, 0.717) is 19.3 Å². The summed E-state index contributed by atoms with van der Waals surface area (Å²) >= 11 is 0. The maximum absolute atomic E-state index is 12.8. The van der Waals surface area contributed by atoms with E-state index >= 15 is 0 Å². The lowest BCUT2D eigenvalue weighted by Gasteiger charge is -2.18. The van der Waals surface area contributed by atoms with E-state index in [1.54, 1.807) is 0 Å². The summed E-state index contributed by atoms with van der Waals surface area (Å²) in [6, 6.07) is 0. The molecule has 0 fully saturated rings. The van der Waals surface area contributed by atoms with Crippen molar-refractivity contribution in [3.63, 3.8) is 0 Å². The average molecular weight is 807 g/mol. The zero-order valence-electron chi connectivity index (χ0n) is 38.8. The van der Waals surface area contributed by atoms with Gasteiger partial charge in [-0.3, -0.25) is 14.4 Å². The van der Waals surface area contributed by atoms with E-state index in [4.69, 9.17) is 14.2 Å². The van der Waals surface area contributed by atoms with E-state index in [1.165, 1.54) is 180 Å². The Morgan fingerprint density at radius 1 is 0.333 bits per heavy atom. The Morgan fingerprint density at radius 3 is 0.860 bits per heavy atom. The summed E-state index contributed by atoms with van der Waals surface area (Å²) in [4.78, 5) is 37.8. The highest BCUT2D eigenvalue weighted by atomic mass is 16.6. The SMILES string of the molecule is CCCCCCCCCCCCCCC(=O)OC[C@H](COC(=O)CCCCCCCCCCC)OC(=O)CCCCCCCCCCCCCCCCCC(C)C. The number of hydrogen-bond donors (Lipinski definition) is 0. The first-order valence-electron chi connectivity index (χ1n) is 25.4. The van der Waals surface area contributed by atoms with Crippen molar-refractivity contribution in [3.8, 4) is 0 Å². The summed E-state index contributed by atoms with van der Waals surface area (Å²) in [7, 11) is 0. The third kappa shape index (κ3) is 45.3. The molecule has 0 saturated carbocycles. The van der Waals surface area contributed by atoms with Crippen molar-refractivity contribution < 1.29 is 28.6 Å². The summed E-state index contributed by atoms with van der Waals surface area (Å²) in [5, 5.41) is 0. The largest absolute Gasteiger partial charge is 0.462 e. The normalized spacial score (nSPS) is 11.9. The molecule has 0 unspecified atom stereocenters. The van der Waals surface area contributed by atoms with Gasteiger partial charge in [-0.25, -0.2) is 0 Å². The molecular weight excluding hydrogens is 709 g/mol. The standard InChI is InChI=1S/C51H98O6/c1-5-7-9-11-13-15-16-23-27-31-35-39-43-50(53)56-46-48(45-55-49(52)42-38-34-30-25-14-12-10-8-6-2)57-51(54)44-40-36-32-28-24-21-19-17-18-20-22-26-29-33-37-41-47(3)4/h47-48H,5-46H2,1-4H3/t48-/m0/s1. The summed E-state index contributed by atoms with van der Waals surface area (Å²) in [6.07, 6.45) is 46.6. The van der Waals surface area contributed by atoms with Crippen molar-refractivity contribution in [2.45, 2.75) is 291 Å². The number of rotatable bonds is 46. The topological polar surface area (TPSA) is 78.9 Å². The molecule has 0 radical (unpaired) electrons. The molecule has 6 heteroatoms. The fourth-order valence-electron chi connectivity index (χ4n) is 7.69. The number of esters is 3. The van der Waals surface area contributed by atoms with E-state index in [1.807, 2.05) is 0 Å². The molecule has 0 amide bonds. The molecular formula is C51H98O6. The van der Waals surface area contributed by atoms with Crippen molar-refractivity contribution in [3.05, 3.63) is 0 Å². The first kappa shape index (κ1) is 55.4. The third-order valence-electron chi connectivity index (χ3n) is 11.5. The molecule has 57 heavy (non-hydrogen) atoms. The summed E-state index contributed by atoms with van der Waals surface area (Å²) in [6.45, 7) is 9.01. The minimum Gasteiger partial charge on any atom is -0.462 e. The number of hydrogen-bond acceptors (Lipinski definition) is 6. The van der Waals surface area contributed by atoms with Crippen LogP contribution in [0.15, 0.2) is 0 Å². The molecule has 0 aromatic carbocycles. The van der Waals surface area contributed by atoms with Crippen molar-refractivity contribution in [1.82, 2.24) is 0 Å². The molecule has 0 spiro atoms. The zero-order chi connectivity index (χ0) is 41.7. The summed E-state index contributed by atoms with van der Waals surface area (Å²) in [5.41, 5.74) is 0. The Balaban J connectivity index is 4.25. The maximum Gasteiger partial charge on any atom is 0.306 e. The van der Waals surface area contributed by atoms with E-state index in [2.05, 4.69) is 27.7 Å². The molecule has 338 valence electrons. The predicted molar refractivity (Wildman–Crippen MR) is 243 cm³/mol. The average Bonchev–Trinajstić information content (AvgIpc) is 3.19. The van der Waals surface area contributed by atoms with Crippen LogP contribution in [0.3, 0.4) is 0 Å². The number of carbonyl (C=O) groups is 3. The molecule has 6 nitrogen and oxygen atoms in total. The molecule has 0 heterocycles. The van der Waals surface area contributed by atoms with Gasteiger partial charge >= 0.3 is 17.9 Å². The lowest BCUT2D eigenvalue weighted by molar-refractivity contribution is -0.167. The number of ether oxygens (including phenoxy) is 3. The van der Waals surface area contributed by atoms with Crippen LogP contribution in [0.2, 0.25) is 0 Å². The van der Waals surface area contributed by atoms with E-state index in [-0.39, 0.29) is 31.1 Å². The predicted octanol–water partition coefficient (Wildman–Crippen LogP) is 16.3. The first-order chi connectivity index (χ1) is 27.9. The van der Waals surface area contributed by atoms with E-state index in [9.17, 15) is 14.4 Å². The lowest BCUT2D eigenvalue weighted by Crippen LogP contribution is -2.30. The van der Waals surface area contributed by atoms with Crippen LogP contribution in [0, 0.1) is 5.92 Å². The zero-order valence-corrected chi connectivity index (χ0v) is 38.8. The Labute approximate surface area is 355 Å². The van der Waals surface area contributed by atoms with Gasteiger partial charge in [-0.2, -0.15) is 0 Å². The molecule has 0 aliphatic carbocycles. The Kier molecular flexibility index (Phi) is 44.2. The molecule has 0 aromatic rings. The lowest BCUT2D eigenvalue weighted by atomic mass is 10.0. The Morgan fingerprint density at radius 2 is 0.579 bits per heavy atom. The van der Waals surface area contributed by atoms with Crippen LogP contribution in [0.1, 0.15) is 285 Å². The van der Waals surface area contributed by atoms with Gasteiger partial charge in [0.2, 0.25) is 0 Å². The van der Waals surface area contributed by atoms with Gasteiger partial charge in [0, 0.05) is 19.3 Å². The van der Waals surface area contributed by atoms with Crippen LogP contribution in [-0.4, -0.2) is 37.2 Å². The van der Waals surface area contributed by atoms with E-state index < -0.39 is 6.10 Å². The van der Waals surface area contributed by atoms with Gasteiger partial charge in [0.1, 0.15) is 13.2 Å². The number of carbonyl (C=O) groups excluding carboxylic acids is 3. The van der Waals surface area contributed by atoms with Crippen LogP contribution in [0.25, 0.3) is 0 Å². The highest BCUT2D eigenvalue weighted by Gasteiger charge is 2.19. The van der Waals surface area contributed by atoms with Gasteiger partial charge < -0.3 is 14.2 Å². The monoisotopic (exact) mass is 807 g/mol. The Bertz CT molecular complexity index is 857. The minimum atomic E-state index is -0.759. The van der Waals surface area contributed by atoms with Crippen LogP contribution >= 0.6 is 0 Å². The quantitative estimate of drug-likeness (QED) is 0.0346. The second kappa shape index (κ2) is 45.5. The van der Waals surface area contributed by atoms with Crippen LogP contribution in [0.5, 0.6) is 0 Å². The summed E-state index contributed by atoms with van der Waals surface area (Å²) < 4.78 is 16.8. The molecule has 0 saturated heterocycles. The Hall–Kier alpha value is -1.59. The van der Waals surface area contributed by atoms with Crippen LogP contribution in [0.4, 0.5) is 0 Å². The second-order valence-electron chi connectivity index (χ2n) is 17.9. The molecule has 0 rings (SSSR count). The molecule has 0 bridgehead atoms. The fourth-order valence-corrected chi connectivity index (χ4v) is 7.69. The third-order valence-corrected chi connectivity index (χ3v) is 11.5. The molecule has 1 atom stereocenters. The minimum absolute atomic E-state index is 0.0629. The molecule has 0 aromatic heterocycles. The molecule has 0 aliphatic heterocycles. The highest BCUT2D eigenvalue weighted by Crippen LogP contribution is 2.17. The summed E-state index contributed by atoms with van der Waals surface area (Å²) in [5.74, 6) is -0.000346. The molecule has 0 N–H and O–H groups in total. The maximum atomic E-state index is 12.8. The second-order valence-corrected chi connectivity index (χ2v) is 17.9.